The second-order valence-corrected chi connectivity index (χ2v) is 6.45. The van der Waals surface area contributed by atoms with Crippen LogP contribution in [0.25, 0.3) is 11.0 Å². The van der Waals surface area contributed by atoms with Crippen LogP contribution in [-0.2, 0) is 21.0 Å². The number of aromatic nitrogens is 2. The van der Waals surface area contributed by atoms with E-state index in [0.29, 0.717) is 18.5 Å². The topological polar surface area (TPSA) is 72.0 Å². The summed E-state index contributed by atoms with van der Waals surface area (Å²) in [6, 6.07) is 5.12. The molecule has 0 radical (unpaired) electrons. The molecule has 0 amide bonds. The smallest absolute Gasteiger partial charge is 0.177 e. The number of benzene rings is 1. The first-order chi connectivity index (χ1) is 9.02. The summed E-state index contributed by atoms with van der Waals surface area (Å²) in [5.74, 6) is 0.752. The number of imidazole rings is 1. The van der Waals surface area contributed by atoms with Crippen molar-refractivity contribution in [1.29, 1.82) is 0 Å². The van der Waals surface area contributed by atoms with Gasteiger partial charge in [0.2, 0.25) is 0 Å². The number of aromatic amines is 1. The first-order valence-corrected chi connectivity index (χ1v) is 8.17. The van der Waals surface area contributed by atoms with Crippen molar-refractivity contribution < 1.29 is 13.2 Å². The third kappa shape index (κ3) is 3.33. The molecular formula is C13H18N2O3S. The minimum Gasteiger partial charge on any atom is -0.381 e. The maximum atomic E-state index is 11.7. The average molecular weight is 282 g/mol. The van der Waals surface area contributed by atoms with Crippen molar-refractivity contribution in [2.24, 2.45) is 0 Å². The van der Waals surface area contributed by atoms with Gasteiger partial charge in [-0.1, -0.05) is 13.0 Å². The molecule has 0 atom stereocenters. The number of H-pyrrole nitrogens is 1. The van der Waals surface area contributed by atoms with Crippen molar-refractivity contribution in [1.82, 2.24) is 9.97 Å². The van der Waals surface area contributed by atoms with E-state index in [1.807, 2.05) is 6.07 Å². The lowest BCUT2D eigenvalue weighted by atomic mass is 10.3. The summed E-state index contributed by atoms with van der Waals surface area (Å²) < 4.78 is 28.8. The predicted molar refractivity (Wildman–Crippen MR) is 74.0 cm³/mol. The lowest BCUT2D eigenvalue weighted by molar-refractivity contribution is 0.137. The number of ether oxygens (including phenoxy) is 1. The number of nitrogens with zero attached hydrogens (tertiary/aromatic N) is 1. The predicted octanol–water partition coefficient (Wildman–Crippen LogP) is 1.94. The number of rotatable bonds is 6. The Morgan fingerprint density at radius 1 is 1.32 bits per heavy atom. The summed E-state index contributed by atoms with van der Waals surface area (Å²) in [4.78, 5) is 7.76. The lowest BCUT2D eigenvalue weighted by Crippen LogP contribution is -2.01. The van der Waals surface area contributed by atoms with Gasteiger partial charge in [0.1, 0.15) is 11.3 Å². The van der Waals surface area contributed by atoms with Crippen LogP contribution in [0.4, 0.5) is 0 Å². The van der Waals surface area contributed by atoms with Crippen LogP contribution in [0.3, 0.4) is 0 Å². The molecule has 0 bridgehead atoms. The van der Waals surface area contributed by atoms with Gasteiger partial charge in [0.15, 0.2) is 9.84 Å². The number of fused-ring (bicyclic) bond motifs is 1. The Kier molecular flexibility index (Phi) is 4.21. The molecule has 0 aliphatic rings. The Labute approximate surface area is 112 Å². The van der Waals surface area contributed by atoms with Gasteiger partial charge in [0.05, 0.1) is 17.0 Å². The van der Waals surface area contributed by atoms with Crippen molar-refractivity contribution in [3.63, 3.8) is 0 Å². The third-order valence-electron chi connectivity index (χ3n) is 2.76. The van der Waals surface area contributed by atoms with E-state index in [2.05, 4.69) is 16.9 Å². The van der Waals surface area contributed by atoms with Gasteiger partial charge in [-0.2, -0.15) is 0 Å². The van der Waals surface area contributed by atoms with E-state index >= 15 is 0 Å². The van der Waals surface area contributed by atoms with E-state index in [0.717, 1.165) is 24.4 Å². The highest BCUT2D eigenvalue weighted by atomic mass is 32.2. The molecule has 0 unspecified atom stereocenters. The molecule has 5 nitrogen and oxygen atoms in total. The number of nitrogens with one attached hydrogen (secondary N) is 1. The van der Waals surface area contributed by atoms with Gasteiger partial charge < -0.3 is 9.72 Å². The molecule has 0 aliphatic carbocycles. The molecule has 19 heavy (non-hydrogen) atoms. The van der Waals surface area contributed by atoms with Gasteiger partial charge in [-0.3, -0.25) is 0 Å². The zero-order valence-electron chi connectivity index (χ0n) is 11.1. The third-order valence-corrected chi connectivity index (χ3v) is 3.88. The fourth-order valence-electron chi connectivity index (χ4n) is 1.89. The highest BCUT2D eigenvalue weighted by Crippen LogP contribution is 2.21. The molecule has 0 saturated heterocycles. The molecule has 104 valence electrons. The molecule has 1 aromatic carbocycles. The molecule has 0 fully saturated rings. The van der Waals surface area contributed by atoms with Gasteiger partial charge in [-0.25, -0.2) is 13.4 Å². The van der Waals surface area contributed by atoms with E-state index in [9.17, 15) is 8.42 Å². The fourth-order valence-corrected chi connectivity index (χ4v) is 2.72. The summed E-state index contributed by atoms with van der Waals surface area (Å²) in [5.41, 5.74) is 1.25. The van der Waals surface area contributed by atoms with E-state index in [-0.39, 0.29) is 4.90 Å². The van der Waals surface area contributed by atoms with Gasteiger partial charge >= 0.3 is 0 Å². The zero-order valence-corrected chi connectivity index (χ0v) is 12.0. The molecule has 2 rings (SSSR count). The van der Waals surface area contributed by atoms with Crippen molar-refractivity contribution in [3.05, 3.63) is 24.0 Å². The van der Waals surface area contributed by atoms with Crippen molar-refractivity contribution in [2.75, 3.05) is 19.5 Å². The van der Waals surface area contributed by atoms with Crippen LogP contribution in [-0.4, -0.2) is 37.9 Å². The van der Waals surface area contributed by atoms with Crippen LogP contribution in [0.15, 0.2) is 23.1 Å². The standard InChI is InChI=1S/C13H18N2O3S/c1-3-8-18-9-7-12-14-10-5-4-6-11(13(10)15-12)19(2,16)17/h4-6H,3,7-9H2,1-2H3,(H,14,15). The van der Waals surface area contributed by atoms with Gasteiger partial charge in [0, 0.05) is 19.3 Å². The molecule has 0 spiro atoms. The van der Waals surface area contributed by atoms with Crippen LogP contribution in [0.5, 0.6) is 0 Å². The largest absolute Gasteiger partial charge is 0.381 e. The van der Waals surface area contributed by atoms with E-state index in [4.69, 9.17) is 4.74 Å². The van der Waals surface area contributed by atoms with Crippen molar-refractivity contribution in [3.8, 4) is 0 Å². The Balaban J connectivity index is 2.26. The quantitative estimate of drug-likeness (QED) is 0.822. The van der Waals surface area contributed by atoms with Crippen molar-refractivity contribution in [2.45, 2.75) is 24.7 Å². The summed E-state index contributed by atoms with van der Waals surface area (Å²) in [5, 5.41) is 0. The SMILES string of the molecule is CCCOCCc1nc2c(S(C)(=O)=O)cccc2[nH]1. The van der Waals surface area contributed by atoms with Gasteiger partial charge in [-0.05, 0) is 18.6 Å². The van der Waals surface area contributed by atoms with Crippen LogP contribution >= 0.6 is 0 Å². The normalized spacial score (nSPS) is 12.1. The molecule has 0 aliphatic heterocycles. The van der Waals surface area contributed by atoms with E-state index in [1.165, 1.54) is 6.26 Å². The molecule has 1 heterocycles. The minimum atomic E-state index is -3.26. The molecule has 0 saturated carbocycles. The monoisotopic (exact) mass is 282 g/mol. The molecule has 1 N–H and O–H groups in total. The van der Waals surface area contributed by atoms with E-state index < -0.39 is 9.84 Å². The van der Waals surface area contributed by atoms with Crippen LogP contribution in [0.1, 0.15) is 19.2 Å². The Bertz CT molecular complexity index is 662. The first-order valence-electron chi connectivity index (χ1n) is 6.27. The Morgan fingerprint density at radius 2 is 2.11 bits per heavy atom. The summed E-state index contributed by atoms with van der Waals surface area (Å²) in [7, 11) is -3.26. The molecule has 1 aromatic heterocycles. The van der Waals surface area contributed by atoms with Crippen LogP contribution in [0, 0.1) is 0 Å². The summed E-state index contributed by atoms with van der Waals surface area (Å²) >= 11 is 0. The molecular weight excluding hydrogens is 264 g/mol. The zero-order chi connectivity index (χ0) is 13.9. The maximum absolute atomic E-state index is 11.7. The minimum absolute atomic E-state index is 0.266. The maximum Gasteiger partial charge on any atom is 0.177 e. The lowest BCUT2D eigenvalue weighted by Gasteiger charge is -1.99. The number of sulfone groups is 1. The second-order valence-electron chi connectivity index (χ2n) is 4.47. The Hall–Kier alpha value is -1.40. The second kappa shape index (κ2) is 5.71. The van der Waals surface area contributed by atoms with Gasteiger partial charge in [-0.15, -0.1) is 0 Å². The molecule has 2 aromatic rings. The summed E-state index contributed by atoms with van der Waals surface area (Å²) in [6.07, 6.45) is 2.83. The number of hydrogen-bond acceptors (Lipinski definition) is 4. The van der Waals surface area contributed by atoms with Gasteiger partial charge in [0.25, 0.3) is 0 Å². The first kappa shape index (κ1) is 14.0. The Morgan fingerprint density at radius 3 is 2.79 bits per heavy atom. The highest BCUT2D eigenvalue weighted by molar-refractivity contribution is 7.91. The number of hydrogen-bond donors (Lipinski definition) is 1. The van der Waals surface area contributed by atoms with Crippen LogP contribution < -0.4 is 0 Å². The van der Waals surface area contributed by atoms with Crippen LogP contribution in [0.2, 0.25) is 0 Å². The fraction of sp³-hybridized carbons (Fsp3) is 0.462. The van der Waals surface area contributed by atoms with E-state index in [1.54, 1.807) is 12.1 Å². The number of para-hydroxylation sites is 1. The highest BCUT2D eigenvalue weighted by Gasteiger charge is 2.14. The molecule has 6 heteroatoms. The van der Waals surface area contributed by atoms with Crippen molar-refractivity contribution >= 4 is 20.9 Å². The average Bonchev–Trinajstić information content (AvgIpc) is 2.75. The summed E-state index contributed by atoms with van der Waals surface area (Å²) in [6.45, 7) is 3.37.